The molecule has 1 saturated carbocycles. The molecule has 3 nitrogen and oxygen atoms in total. The van der Waals surface area contributed by atoms with Gasteiger partial charge in [0.25, 0.3) is 5.91 Å². The van der Waals surface area contributed by atoms with Gasteiger partial charge in [-0.1, -0.05) is 51.3 Å². The molecule has 1 aromatic carbocycles. The fourth-order valence-corrected chi connectivity index (χ4v) is 4.35. The zero-order valence-corrected chi connectivity index (χ0v) is 18.5. The standard InChI is InChI=1S/C21H32ClNO2Si/c1-7-12-23(18-10-8-9-11-18)20(24)16-13-17(22)15-19(14-16)25-26(5,6)21(2,3)4/h7,13-15,18H,1,8-12H2,2-6H3. The highest BCUT2D eigenvalue weighted by molar-refractivity contribution is 6.74. The van der Waals surface area contributed by atoms with E-state index in [1.165, 1.54) is 12.8 Å². The second-order valence-electron chi connectivity index (χ2n) is 8.72. The largest absolute Gasteiger partial charge is 0.543 e. The number of carbonyl (C=O) groups is 1. The van der Waals surface area contributed by atoms with Crippen LogP contribution in [0.25, 0.3) is 0 Å². The number of rotatable bonds is 6. The van der Waals surface area contributed by atoms with Gasteiger partial charge < -0.3 is 9.33 Å². The van der Waals surface area contributed by atoms with Crippen LogP contribution in [0.4, 0.5) is 0 Å². The van der Waals surface area contributed by atoms with Crippen molar-refractivity contribution in [3.63, 3.8) is 0 Å². The van der Waals surface area contributed by atoms with Crippen LogP contribution in [0.2, 0.25) is 23.2 Å². The van der Waals surface area contributed by atoms with Crippen LogP contribution in [0.15, 0.2) is 30.9 Å². The molecule has 1 aliphatic carbocycles. The van der Waals surface area contributed by atoms with E-state index in [0.29, 0.717) is 28.9 Å². The molecule has 0 aliphatic heterocycles. The van der Waals surface area contributed by atoms with Crippen LogP contribution in [0.3, 0.4) is 0 Å². The Kier molecular flexibility index (Phi) is 6.62. The monoisotopic (exact) mass is 393 g/mol. The van der Waals surface area contributed by atoms with E-state index < -0.39 is 8.32 Å². The molecule has 1 aliphatic rings. The molecule has 0 unspecified atom stereocenters. The number of hydrogen-bond acceptors (Lipinski definition) is 2. The Labute approximate surface area is 164 Å². The Morgan fingerprint density at radius 1 is 1.31 bits per heavy atom. The number of carbonyl (C=O) groups excluding carboxylic acids is 1. The Morgan fingerprint density at radius 3 is 2.46 bits per heavy atom. The number of amides is 1. The SMILES string of the molecule is C=CCN(C(=O)c1cc(Cl)cc(O[Si](C)(C)C(C)(C)C)c1)C1CCCC1. The molecule has 0 heterocycles. The van der Waals surface area contributed by atoms with Gasteiger partial charge in [0.15, 0.2) is 0 Å². The lowest BCUT2D eigenvalue weighted by atomic mass is 10.1. The molecule has 2 rings (SSSR count). The van der Waals surface area contributed by atoms with Crippen molar-refractivity contribution >= 4 is 25.8 Å². The van der Waals surface area contributed by atoms with Gasteiger partial charge in [-0.05, 0) is 49.2 Å². The van der Waals surface area contributed by atoms with Gasteiger partial charge in [-0.3, -0.25) is 4.79 Å². The molecule has 1 aromatic rings. The van der Waals surface area contributed by atoms with Gasteiger partial charge in [0.05, 0.1) is 0 Å². The van der Waals surface area contributed by atoms with Crippen molar-refractivity contribution in [2.75, 3.05) is 6.54 Å². The molecule has 0 bridgehead atoms. The highest BCUT2D eigenvalue weighted by Crippen LogP contribution is 2.38. The maximum Gasteiger partial charge on any atom is 0.254 e. The lowest BCUT2D eigenvalue weighted by Gasteiger charge is -2.36. The molecule has 0 N–H and O–H groups in total. The predicted molar refractivity (Wildman–Crippen MR) is 113 cm³/mol. The average molecular weight is 394 g/mol. The molecule has 0 radical (unpaired) electrons. The van der Waals surface area contributed by atoms with E-state index >= 15 is 0 Å². The number of halogens is 1. The van der Waals surface area contributed by atoms with Gasteiger partial charge in [-0.2, -0.15) is 0 Å². The summed E-state index contributed by atoms with van der Waals surface area (Å²) in [4.78, 5) is 15.1. The molecule has 0 spiro atoms. The fraction of sp³-hybridized carbons (Fsp3) is 0.571. The van der Waals surface area contributed by atoms with Crippen molar-refractivity contribution in [1.29, 1.82) is 0 Å². The van der Waals surface area contributed by atoms with E-state index in [1.54, 1.807) is 12.1 Å². The van der Waals surface area contributed by atoms with Crippen LogP contribution in [0.1, 0.15) is 56.8 Å². The second kappa shape index (κ2) is 8.18. The first-order valence-electron chi connectivity index (χ1n) is 9.46. The maximum absolute atomic E-state index is 13.2. The molecule has 0 atom stereocenters. The van der Waals surface area contributed by atoms with Crippen molar-refractivity contribution in [1.82, 2.24) is 4.90 Å². The fourth-order valence-electron chi connectivity index (χ4n) is 3.11. The summed E-state index contributed by atoms with van der Waals surface area (Å²) in [5, 5.41) is 0.618. The Bertz CT molecular complexity index is 660. The summed E-state index contributed by atoms with van der Waals surface area (Å²) in [5.74, 6) is 0.705. The van der Waals surface area contributed by atoms with E-state index in [-0.39, 0.29) is 10.9 Å². The molecule has 144 valence electrons. The summed E-state index contributed by atoms with van der Waals surface area (Å²) in [6.45, 7) is 15.4. The summed E-state index contributed by atoms with van der Waals surface area (Å²) in [6.07, 6.45) is 6.29. The van der Waals surface area contributed by atoms with Crippen LogP contribution in [0, 0.1) is 0 Å². The predicted octanol–water partition coefficient (Wildman–Crippen LogP) is 6.29. The quantitative estimate of drug-likeness (QED) is 0.419. The Morgan fingerprint density at radius 2 is 1.92 bits per heavy atom. The minimum absolute atomic E-state index is 0.0133. The van der Waals surface area contributed by atoms with Crippen molar-refractivity contribution in [2.45, 2.75) is 70.6 Å². The first-order valence-corrected chi connectivity index (χ1v) is 12.8. The van der Waals surface area contributed by atoms with Gasteiger partial charge in [0, 0.05) is 23.2 Å². The van der Waals surface area contributed by atoms with Crippen molar-refractivity contribution in [3.8, 4) is 5.75 Å². The normalized spacial score (nSPS) is 15.8. The Hall–Kier alpha value is -1.26. The van der Waals surface area contributed by atoms with Crippen molar-refractivity contribution in [3.05, 3.63) is 41.4 Å². The summed E-state index contributed by atoms with van der Waals surface area (Å²) >= 11 is 6.32. The van der Waals surface area contributed by atoms with E-state index in [4.69, 9.17) is 16.0 Å². The number of hydrogen-bond donors (Lipinski definition) is 0. The molecule has 5 heteroatoms. The zero-order chi connectivity index (χ0) is 19.5. The molecule has 0 saturated heterocycles. The smallest absolute Gasteiger partial charge is 0.254 e. The maximum atomic E-state index is 13.2. The Balaban J connectivity index is 2.30. The molecule has 1 amide bonds. The van der Waals surface area contributed by atoms with Gasteiger partial charge in [0.1, 0.15) is 5.75 Å². The lowest BCUT2D eigenvalue weighted by Crippen LogP contribution is -2.44. The summed E-state index contributed by atoms with van der Waals surface area (Å²) in [7, 11) is -1.99. The average Bonchev–Trinajstić information content (AvgIpc) is 3.03. The topological polar surface area (TPSA) is 29.5 Å². The van der Waals surface area contributed by atoms with E-state index in [0.717, 1.165) is 12.8 Å². The minimum atomic E-state index is -1.99. The first kappa shape index (κ1) is 21.0. The zero-order valence-electron chi connectivity index (χ0n) is 16.8. The van der Waals surface area contributed by atoms with Crippen LogP contribution >= 0.6 is 11.6 Å². The third-order valence-corrected chi connectivity index (χ3v) is 10.2. The van der Waals surface area contributed by atoms with Crippen LogP contribution in [0.5, 0.6) is 5.75 Å². The molecular weight excluding hydrogens is 362 g/mol. The third kappa shape index (κ3) is 4.92. The van der Waals surface area contributed by atoms with Crippen molar-refractivity contribution in [2.24, 2.45) is 0 Å². The molecule has 26 heavy (non-hydrogen) atoms. The number of benzene rings is 1. The number of nitrogens with zero attached hydrogens (tertiary/aromatic N) is 1. The molecule has 1 fully saturated rings. The van der Waals surface area contributed by atoms with Gasteiger partial charge >= 0.3 is 0 Å². The van der Waals surface area contributed by atoms with Crippen molar-refractivity contribution < 1.29 is 9.22 Å². The molecular formula is C21H32ClNO2Si. The summed E-state index contributed by atoms with van der Waals surface area (Å²) in [5.41, 5.74) is 0.597. The van der Waals surface area contributed by atoms with Crippen LogP contribution < -0.4 is 4.43 Å². The minimum Gasteiger partial charge on any atom is -0.543 e. The third-order valence-electron chi connectivity index (χ3n) is 5.65. The second-order valence-corrected chi connectivity index (χ2v) is 13.9. The summed E-state index contributed by atoms with van der Waals surface area (Å²) in [6, 6.07) is 5.70. The van der Waals surface area contributed by atoms with E-state index in [9.17, 15) is 4.79 Å². The molecule has 0 aromatic heterocycles. The van der Waals surface area contributed by atoms with Crippen LogP contribution in [-0.2, 0) is 0 Å². The summed E-state index contributed by atoms with van der Waals surface area (Å²) < 4.78 is 6.37. The van der Waals surface area contributed by atoms with Gasteiger partial charge in [-0.25, -0.2) is 0 Å². The lowest BCUT2D eigenvalue weighted by molar-refractivity contribution is 0.0706. The highest BCUT2D eigenvalue weighted by Gasteiger charge is 2.39. The van der Waals surface area contributed by atoms with Gasteiger partial charge in [0.2, 0.25) is 8.32 Å². The van der Waals surface area contributed by atoms with E-state index in [1.807, 2.05) is 17.0 Å². The van der Waals surface area contributed by atoms with Gasteiger partial charge in [-0.15, -0.1) is 6.58 Å². The first-order chi connectivity index (χ1) is 12.0. The van der Waals surface area contributed by atoms with Crippen LogP contribution in [-0.4, -0.2) is 31.7 Å². The van der Waals surface area contributed by atoms with E-state index in [2.05, 4.69) is 40.4 Å². The highest BCUT2D eigenvalue weighted by atomic mass is 35.5.